The minimum atomic E-state index is -0.841. The summed E-state index contributed by atoms with van der Waals surface area (Å²) in [5.41, 5.74) is 0. The largest absolute Gasteiger partial charge is 0.466 e. The first-order valence-corrected chi connectivity index (χ1v) is 36.5. The van der Waals surface area contributed by atoms with Gasteiger partial charge < -0.3 is 20.3 Å². The second-order valence-electron chi connectivity index (χ2n) is 25.3. The van der Waals surface area contributed by atoms with Crippen LogP contribution in [0.1, 0.15) is 418 Å². The SMILES string of the molecule is CCCCCCCCCCCCCCCCC/C=C/C(O)C(CO)NC(=O)CCCCCCCCCCCCCCCCCCCCCCCCCCCCCCCCOC(=O)CCCCCCCCCCCCCCCCC. The van der Waals surface area contributed by atoms with Gasteiger partial charge in [0.05, 0.1) is 25.4 Å². The zero-order valence-electron chi connectivity index (χ0n) is 53.9. The molecule has 1 amide bonds. The Morgan fingerprint density at radius 3 is 0.861 bits per heavy atom. The fourth-order valence-electron chi connectivity index (χ4n) is 11.8. The van der Waals surface area contributed by atoms with Crippen LogP contribution in [0.5, 0.6) is 0 Å². The summed E-state index contributed by atoms with van der Waals surface area (Å²) < 4.78 is 5.50. The number of nitrogens with one attached hydrogen (secondary N) is 1. The van der Waals surface area contributed by atoms with Crippen molar-refractivity contribution < 1.29 is 24.5 Å². The lowest BCUT2D eigenvalue weighted by Gasteiger charge is -2.20. The van der Waals surface area contributed by atoms with Gasteiger partial charge in [-0.25, -0.2) is 0 Å². The second-order valence-corrected chi connectivity index (χ2v) is 25.3. The maximum Gasteiger partial charge on any atom is 0.305 e. The Balaban J connectivity index is 3.33. The van der Waals surface area contributed by atoms with E-state index in [-0.39, 0.29) is 18.5 Å². The third-order valence-corrected chi connectivity index (χ3v) is 17.3. The number of esters is 1. The lowest BCUT2D eigenvalue weighted by atomic mass is 10.0. The molecule has 0 aliphatic heterocycles. The molecule has 2 atom stereocenters. The Bertz CT molecular complexity index is 1190. The number of aliphatic hydroxyl groups excluding tert-OH is 2. The molecule has 79 heavy (non-hydrogen) atoms. The highest BCUT2D eigenvalue weighted by Gasteiger charge is 2.18. The van der Waals surface area contributed by atoms with Gasteiger partial charge in [0.25, 0.3) is 0 Å². The van der Waals surface area contributed by atoms with Crippen molar-refractivity contribution in [1.82, 2.24) is 5.32 Å². The van der Waals surface area contributed by atoms with Crippen molar-refractivity contribution in [2.75, 3.05) is 13.2 Å². The van der Waals surface area contributed by atoms with Crippen LogP contribution in [0.2, 0.25) is 0 Å². The van der Waals surface area contributed by atoms with Crippen LogP contribution >= 0.6 is 0 Å². The maximum absolute atomic E-state index is 12.5. The van der Waals surface area contributed by atoms with Crippen LogP contribution in [0.25, 0.3) is 0 Å². The standard InChI is InChI=1S/C73H143NO5/c1-3-5-7-9-11-13-15-17-19-34-38-41-45-49-53-57-61-65-71(76)70(69-75)74-72(77)66-62-58-54-50-46-42-39-35-32-30-28-26-24-22-20-21-23-25-27-29-31-33-36-40-44-48-52-56-60-64-68-79-73(78)67-63-59-55-51-47-43-37-18-16-14-12-10-8-6-4-2/h61,65,70-71,75-76H,3-60,62-64,66-69H2,1-2H3,(H,74,77)/b65-61+. The van der Waals surface area contributed by atoms with E-state index in [4.69, 9.17) is 4.74 Å². The van der Waals surface area contributed by atoms with E-state index in [0.29, 0.717) is 19.4 Å². The van der Waals surface area contributed by atoms with Crippen LogP contribution in [0.15, 0.2) is 12.2 Å². The summed E-state index contributed by atoms with van der Waals surface area (Å²) in [6.07, 6.45) is 85.9. The number of rotatable bonds is 69. The minimum absolute atomic E-state index is 0.0237. The van der Waals surface area contributed by atoms with Gasteiger partial charge in [0.15, 0.2) is 0 Å². The summed E-state index contributed by atoms with van der Waals surface area (Å²) in [5.74, 6) is -0.0366. The molecule has 0 bridgehead atoms. The molecule has 0 heterocycles. The molecule has 0 saturated heterocycles. The predicted octanol–water partition coefficient (Wildman–Crippen LogP) is 23.5. The fourth-order valence-corrected chi connectivity index (χ4v) is 11.8. The number of carbonyl (C=O) groups is 2. The van der Waals surface area contributed by atoms with Crippen molar-refractivity contribution in [3.63, 3.8) is 0 Å². The van der Waals surface area contributed by atoms with E-state index >= 15 is 0 Å². The number of aliphatic hydroxyl groups is 2. The van der Waals surface area contributed by atoms with Crippen molar-refractivity contribution in [2.45, 2.75) is 431 Å². The molecular formula is C73H143NO5. The van der Waals surface area contributed by atoms with E-state index in [9.17, 15) is 19.8 Å². The lowest BCUT2D eigenvalue weighted by molar-refractivity contribution is -0.143. The average molecular weight is 1110 g/mol. The Morgan fingerprint density at radius 1 is 0.342 bits per heavy atom. The van der Waals surface area contributed by atoms with E-state index in [2.05, 4.69) is 19.2 Å². The van der Waals surface area contributed by atoms with Crippen LogP contribution in [-0.4, -0.2) is 47.4 Å². The first-order chi connectivity index (χ1) is 39.0. The van der Waals surface area contributed by atoms with Crippen molar-refractivity contribution in [2.24, 2.45) is 0 Å². The van der Waals surface area contributed by atoms with Gasteiger partial charge in [0, 0.05) is 12.8 Å². The summed E-state index contributed by atoms with van der Waals surface area (Å²) in [7, 11) is 0. The molecule has 0 aromatic rings. The molecular weight excluding hydrogens is 971 g/mol. The molecule has 0 aliphatic rings. The van der Waals surface area contributed by atoms with Gasteiger partial charge in [0.2, 0.25) is 5.91 Å². The molecule has 3 N–H and O–H groups in total. The molecule has 6 heteroatoms. The fraction of sp³-hybridized carbons (Fsp3) is 0.945. The summed E-state index contributed by atoms with van der Waals surface area (Å²) in [6.45, 7) is 4.95. The maximum atomic E-state index is 12.5. The van der Waals surface area contributed by atoms with Gasteiger partial charge in [-0.1, -0.05) is 386 Å². The van der Waals surface area contributed by atoms with E-state index in [1.54, 1.807) is 6.08 Å². The molecule has 0 aromatic carbocycles. The molecule has 0 radical (unpaired) electrons. The number of carbonyl (C=O) groups excluding carboxylic acids is 2. The van der Waals surface area contributed by atoms with E-state index < -0.39 is 12.1 Å². The predicted molar refractivity (Wildman–Crippen MR) is 347 cm³/mol. The summed E-state index contributed by atoms with van der Waals surface area (Å²) >= 11 is 0. The van der Waals surface area contributed by atoms with Gasteiger partial charge >= 0.3 is 5.97 Å². The first-order valence-electron chi connectivity index (χ1n) is 36.5. The average Bonchev–Trinajstić information content (AvgIpc) is 3.45. The molecule has 0 fully saturated rings. The minimum Gasteiger partial charge on any atom is -0.466 e. The normalized spacial score (nSPS) is 12.5. The second kappa shape index (κ2) is 69.1. The quantitative estimate of drug-likeness (QED) is 0.0320. The molecule has 0 aliphatic carbocycles. The van der Waals surface area contributed by atoms with Crippen LogP contribution in [0.3, 0.4) is 0 Å². The number of amides is 1. The number of hydrogen-bond donors (Lipinski definition) is 3. The molecule has 2 unspecified atom stereocenters. The molecule has 0 rings (SSSR count). The van der Waals surface area contributed by atoms with Crippen molar-refractivity contribution >= 4 is 11.9 Å². The Kier molecular flexibility index (Phi) is 67.9. The lowest BCUT2D eigenvalue weighted by Crippen LogP contribution is -2.45. The molecule has 0 saturated carbocycles. The van der Waals surface area contributed by atoms with Gasteiger partial charge in [-0.05, 0) is 32.1 Å². The monoisotopic (exact) mass is 1110 g/mol. The number of ether oxygens (including phenoxy) is 1. The van der Waals surface area contributed by atoms with Crippen LogP contribution in [0, 0.1) is 0 Å². The van der Waals surface area contributed by atoms with Gasteiger partial charge in [-0.15, -0.1) is 0 Å². The number of hydrogen-bond acceptors (Lipinski definition) is 5. The smallest absolute Gasteiger partial charge is 0.305 e. The third kappa shape index (κ3) is 65.6. The van der Waals surface area contributed by atoms with Crippen molar-refractivity contribution in [3.05, 3.63) is 12.2 Å². The third-order valence-electron chi connectivity index (χ3n) is 17.3. The summed E-state index contributed by atoms with van der Waals surface area (Å²) in [5, 5.41) is 23.2. The summed E-state index contributed by atoms with van der Waals surface area (Å²) in [4.78, 5) is 24.6. The van der Waals surface area contributed by atoms with Crippen molar-refractivity contribution in [3.8, 4) is 0 Å². The van der Waals surface area contributed by atoms with Crippen molar-refractivity contribution in [1.29, 1.82) is 0 Å². The zero-order valence-corrected chi connectivity index (χ0v) is 53.9. The Morgan fingerprint density at radius 2 is 0.582 bits per heavy atom. The molecule has 6 nitrogen and oxygen atoms in total. The molecule has 470 valence electrons. The summed E-state index contributed by atoms with van der Waals surface area (Å²) in [6, 6.07) is -0.624. The molecule has 0 spiro atoms. The van der Waals surface area contributed by atoms with Gasteiger partial charge in [-0.3, -0.25) is 9.59 Å². The first kappa shape index (κ1) is 77.6. The van der Waals surface area contributed by atoms with Gasteiger partial charge in [-0.2, -0.15) is 0 Å². The van der Waals surface area contributed by atoms with E-state index in [1.807, 2.05) is 6.08 Å². The van der Waals surface area contributed by atoms with Crippen LogP contribution < -0.4 is 5.32 Å². The highest BCUT2D eigenvalue weighted by Crippen LogP contribution is 2.19. The zero-order chi connectivity index (χ0) is 57.1. The molecule has 0 aromatic heterocycles. The Hall–Kier alpha value is -1.40. The van der Waals surface area contributed by atoms with Crippen LogP contribution in [0.4, 0.5) is 0 Å². The van der Waals surface area contributed by atoms with Crippen LogP contribution in [-0.2, 0) is 14.3 Å². The Labute approximate surface area is 495 Å². The number of allylic oxidation sites excluding steroid dienone is 1. The van der Waals surface area contributed by atoms with E-state index in [1.165, 1.54) is 353 Å². The van der Waals surface area contributed by atoms with E-state index in [0.717, 1.165) is 38.5 Å². The topological polar surface area (TPSA) is 95.9 Å². The highest BCUT2D eigenvalue weighted by atomic mass is 16.5. The number of unbranched alkanes of at least 4 members (excludes halogenated alkanes) is 58. The van der Waals surface area contributed by atoms with Gasteiger partial charge in [0.1, 0.15) is 0 Å². The highest BCUT2D eigenvalue weighted by molar-refractivity contribution is 5.76.